The Hall–Kier alpha value is -2.47. The van der Waals surface area contributed by atoms with Crippen molar-refractivity contribution in [1.82, 2.24) is 9.88 Å². The van der Waals surface area contributed by atoms with Gasteiger partial charge in [-0.05, 0) is 38.1 Å². The highest BCUT2D eigenvalue weighted by molar-refractivity contribution is 5.94. The van der Waals surface area contributed by atoms with Gasteiger partial charge in [-0.3, -0.25) is 9.59 Å². The Morgan fingerprint density at radius 2 is 2.04 bits per heavy atom. The van der Waals surface area contributed by atoms with Gasteiger partial charge in [0.25, 0.3) is 11.5 Å². The summed E-state index contributed by atoms with van der Waals surface area (Å²) in [5.74, 6) is 0.429. The molecule has 2 aromatic rings. The Bertz CT molecular complexity index is 861. The molecule has 6 nitrogen and oxygen atoms in total. The van der Waals surface area contributed by atoms with Crippen molar-refractivity contribution in [2.75, 3.05) is 5.73 Å². The minimum absolute atomic E-state index is 0. The molecule has 0 spiro atoms. The number of amides is 1. The minimum Gasteiger partial charge on any atom is -0.487 e. The lowest BCUT2D eigenvalue weighted by molar-refractivity contribution is 0.0620. The maximum Gasteiger partial charge on any atom is 0.252 e. The van der Waals surface area contributed by atoms with E-state index in [1.54, 1.807) is 25.4 Å². The zero-order valence-corrected chi connectivity index (χ0v) is 15.2. The third-order valence-corrected chi connectivity index (χ3v) is 4.16. The van der Waals surface area contributed by atoms with Crippen LogP contribution in [0.3, 0.4) is 0 Å². The van der Waals surface area contributed by atoms with Crippen molar-refractivity contribution in [2.24, 2.45) is 7.05 Å². The number of nitrogen functional groups attached to an aromatic ring is 1. The Balaban J connectivity index is 0.00000225. The molecule has 0 saturated heterocycles. The molecule has 0 radical (unpaired) electrons. The molecule has 1 aliphatic rings. The SMILES string of the molecule is Cl.Cn1ccc(C(=O)NC2CC(C)(C)Oc3ccc(N)cc32)cc1=O. The van der Waals surface area contributed by atoms with Gasteiger partial charge in [-0.15, -0.1) is 12.4 Å². The number of rotatable bonds is 2. The summed E-state index contributed by atoms with van der Waals surface area (Å²) in [6.07, 6.45) is 2.19. The van der Waals surface area contributed by atoms with E-state index in [1.165, 1.54) is 10.6 Å². The normalized spacial score (nSPS) is 17.6. The number of hydrogen-bond donors (Lipinski definition) is 2. The summed E-state index contributed by atoms with van der Waals surface area (Å²) in [4.78, 5) is 24.3. The number of hydrogen-bond acceptors (Lipinski definition) is 4. The third kappa shape index (κ3) is 3.96. The van der Waals surface area contributed by atoms with Crippen LogP contribution in [0.5, 0.6) is 5.75 Å². The number of carbonyl (C=O) groups excluding carboxylic acids is 1. The monoisotopic (exact) mass is 363 g/mol. The van der Waals surface area contributed by atoms with Crippen molar-refractivity contribution in [3.63, 3.8) is 0 Å². The van der Waals surface area contributed by atoms with Crippen LogP contribution in [0, 0.1) is 0 Å². The first-order chi connectivity index (χ1) is 11.2. The largest absolute Gasteiger partial charge is 0.487 e. The molecule has 3 rings (SSSR count). The molecule has 1 unspecified atom stereocenters. The lowest BCUT2D eigenvalue weighted by atomic mass is 9.89. The highest BCUT2D eigenvalue weighted by Gasteiger charge is 2.34. The number of halogens is 1. The van der Waals surface area contributed by atoms with Gasteiger partial charge in [0.1, 0.15) is 11.4 Å². The second-order valence-electron chi connectivity index (χ2n) is 6.75. The zero-order chi connectivity index (χ0) is 17.5. The summed E-state index contributed by atoms with van der Waals surface area (Å²) >= 11 is 0. The van der Waals surface area contributed by atoms with E-state index < -0.39 is 5.60 Å². The van der Waals surface area contributed by atoms with Crippen LogP contribution in [-0.4, -0.2) is 16.1 Å². The van der Waals surface area contributed by atoms with Gasteiger partial charge in [0.05, 0.1) is 6.04 Å². The molecule has 0 saturated carbocycles. The van der Waals surface area contributed by atoms with E-state index in [0.29, 0.717) is 17.7 Å². The topological polar surface area (TPSA) is 86.3 Å². The van der Waals surface area contributed by atoms with Crippen LogP contribution in [0.2, 0.25) is 0 Å². The quantitative estimate of drug-likeness (QED) is 0.802. The number of carbonyl (C=O) groups is 1. The van der Waals surface area contributed by atoms with E-state index in [9.17, 15) is 9.59 Å². The van der Waals surface area contributed by atoms with Crippen molar-refractivity contribution in [3.05, 3.63) is 58.0 Å². The predicted octanol–water partition coefficient (Wildman–Crippen LogP) is 2.42. The number of ether oxygens (including phenoxy) is 1. The number of anilines is 1. The minimum atomic E-state index is -0.409. The standard InChI is InChI=1S/C18H21N3O3.ClH/c1-18(2)10-14(13-9-12(19)4-5-15(13)24-18)20-17(23)11-6-7-21(3)16(22)8-11;/h4-9,14H,10,19H2,1-3H3,(H,20,23);1H. The molecule has 2 heterocycles. The summed E-state index contributed by atoms with van der Waals surface area (Å²) < 4.78 is 7.39. The fraction of sp³-hybridized carbons (Fsp3) is 0.333. The number of benzene rings is 1. The zero-order valence-electron chi connectivity index (χ0n) is 14.4. The van der Waals surface area contributed by atoms with Crippen LogP contribution < -0.4 is 21.3 Å². The first-order valence-electron chi connectivity index (χ1n) is 7.81. The molecule has 1 aromatic carbocycles. The summed E-state index contributed by atoms with van der Waals surface area (Å²) in [6, 6.07) is 8.15. The fourth-order valence-electron chi connectivity index (χ4n) is 2.93. The first-order valence-corrected chi connectivity index (χ1v) is 7.81. The number of fused-ring (bicyclic) bond motifs is 1. The van der Waals surface area contributed by atoms with Crippen LogP contribution in [0.15, 0.2) is 41.3 Å². The molecule has 1 aromatic heterocycles. The molecule has 3 N–H and O–H groups in total. The average molecular weight is 364 g/mol. The Labute approximate surface area is 152 Å². The van der Waals surface area contributed by atoms with Crippen molar-refractivity contribution in [1.29, 1.82) is 0 Å². The molecule has 7 heteroatoms. The number of nitrogens with zero attached hydrogens (tertiary/aromatic N) is 1. The first kappa shape index (κ1) is 18.9. The van der Waals surface area contributed by atoms with E-state index in [1.807, 2.05) is 26.0 Å². The number of pyridine rings is 1. The van der Waals surface area contributed by atoms with Crippen LogP contribution in [0.4, 0.5) is 5.69 Å². The van der Waals surface area contributed by atoms with E-state index in [0.717, 1.165) is 11.3 Å². The van der Waals surface area contributed by atoms with E-state index >= 15 is 0 Å². The van der Waals surface area contributed by atoms with E-state index in [4.69, 9.17) is 10.5 Å². The molecular formula is C18H22ClN3O3. The molecule has 25 heavy (non-hydrogen) atoms. The second-order valence-corrected chi connectivity index (χ2v) is 6.75. The fourth-order valence-corrected chi connectivity index (χ4v) is 2.93. The molecule has 1 amide bonds. The van der Waals surface area contributed by atoms with Crippen molar-refractivity contribution in [2.45, 2.75) is 31.9 Å². The van der Waals surface area contributed by atoms with Gasteiger partial charge in [0.2, 0.25) is 0 Å². The molecular weight excluding hydrogens is 342 g/mol. The van der Waals surface area contributed by atoms with Gasteiger partial charge < -0.3 is 20.4 Å². The Morgan fingerprint density at radius 3 is 2.72 bits per heavy atom. The maximum atomic E-state index is 12.6. The summed E-state index contributed by atoms with van der Waals surface area (Å²) in [5.41, 5.74) is 7.06. The Morgan fingerprint density at radius 1 is 1.32 bits per heavy atom. The van der Waals surface area contributed by atoms with Crippen LogP contribution in [-0.2, 0) is 7.05 Å². The van der Waals surface area contributed by atoms with Gasteiger partial charge >= 0.3 is 0 Å². The summed E-state index contributed by atoms with van der Waals surface area (Å²) in [5, 5.41) is 3.00. The lowest BCUT2D eigenvalue weighted by Gasteiger charge is -2.38. The van der Waals surface area contributed by atoms with Gasteiger partial charge in [-0.25, -0.2) is 0 Å². The van der Waals surface area contributed by atoms with Crippen LogP contribution >= 0.6 is 12.4 Å². The van der Waals surface area contributed by atoms with E-state index in [-0.39, 0.29) is 29.9 Å². The molecule has 1 atom stereocenters. The number of nitrogens with two attached hydrogens (primary N) is 1. The van der Waals surface area contributed by atoms with Crippen molar-refractivity contribution < 1.29 is 9.53 Å². The van der Waals surface area contributed by atoms with Crippen LogP contribution in [0.25, 0.3) is 0 Å². The number of aromatic nitrogens is 1. The molecule has 0 aliphatic carbocycles. The van der Waals surface area contributed by atoms with Crippen molar-refractivity contribution >= 4 is 24.0 Å². The second kappa shape index (κ2) is 6.80. The molecule has 134 valence electrons. The molecule has 0 fully saturated rings. The van der Waals surface area contributed by atoms with Crippen LogP contribution in [0.1, 0.15) is 42.2 Å². The van der Waals surface area contributed by atoms with Gasteiger partial charge in [0, 0.05) is 42.5 Å². The lowest BCUT2D eigenvalue weighted by Crippen LogP contribution is -2.41. The maximum absolute atomic E-state index is 12.6. The van der Waals surface area contributed by atoms with Gasteiger partial charge in [0.15, 0.2) is 0 Å². The highest BCUT2D eigenvalue weighted by Crippen LogP contribution is 2.40. The number of nitrogens with one attached hydrogen (secondary N) is 1. The van der Waals surface area contributed by atoms with Crippen molar-refractivity contribution in [3.8, 4) is 5.75 Å². The molecule has 1 aliphatic heterocycles. The predicted molar refractivity (Wildman–Crippen MR) is 99.3 cm³/mol. The van der Waals surface area contributed by atoms with Gasteiger partial charge in [-0.2, -0.15) is 0 Å². The van der Waals surface area contributed by atoms with Gasteiger partial charge in [-0.1, -0.05) is 0 Å². The highest BCUT2D eigenvalue weighted by atomic mass is 35.5. The Kier molecular flexibility index (Phi) is 5.13. The molecule has 0 bridgehead atoms. The third-order valence-electron chi connectivity index (χ3n) is 4.16. The smallest absolute Gasteiger partial charge is 0.252 e. The summed E-state index contributed by atoms with van der Waals surface area (Å²) in [7, 11) is 1.64. The summed E-state index contributed by atoms with van der Waals surface area (Å²) in [6.45, 7) is 3.95. The number of aryl methyl sites for hydroxylation is 1. The van der Waals surface area contributed by atoms with E-state index in [2.05, 4.69) is 5.32 Å². The average Bonchev–Trinajstić information content (AvgIpc) is 2.50.